The average Bonchev–Trinajstić information content (AvgIpc) is 3.38. The first-order chi connectivity index (χ1) is 15.7. The molecular weight excluding hydrogens is 444 g/mol. The summed E-state index contributed by atoms with van der Waals surface area (Å²) < 4.78 is 13.2. The molecule has 0 amide bonds. The highest BCUT2D eigenvalue weighted by molar-refractivity contribution is 6.32. The Balaban J connectivity index is 1.66. The van der Waals surface area contributed by atoms with Gasteiger partial charge in [-0.3, -0.25) is 0 Å². The van der Waals surface area contributed by atoms with E-state index in [2.05, 4.69) is 15.5 Å². The van der Waals surface area contributed by atoms with Crippen LogP contribution in [0.25, 0.3) is 33.7 Å². The van der Waals surface area contributed by atoms with Crippen molar-refractivity contribution in [3.8, 4) is 28.6 Å². The lowest BCUT2D eigenvalue weighted by Gasteiger charge is -2.13. The van der Waals surface area contributed by atoms with Crippen LogP contribution < -0.4 is 15.2 Å². The first kappa shape index (κ1) is 22.8. The summed E-state index contributed by atoms with van der Waals surface area (Å²) in [7, 11) is 1.92. The molecule has 33 heavy (non-hydrogen) atoms. The SMILES string of the molecule is CC(C)Oc1ccc(-c2nc(-c3cccc4c(CN[C@H](C)C(=O)[O-])cn(C)c34)no2)cc1Cl. The minimum absolute atomic E-state index is 0.0122. The number of carboxylic acid groups (broad SMARTS) is 1. The molecule has 8 nitrogen and oxygen atoms in total. The number of carboxylic acids is 1. The molecule has 172 valence electrons. The summed E-state index contributed by atoms with van der Waals surface area (Å²) in [5.41, 5.74) is 3.37. The van der Waals surface area contributed by atoms with E-state index in [9.17, 15) is 9.90 Å². The molecule has 0 aliphatic heterocycles. The third kappa shape index (κ3) is 4.72. The van der Waals surface area contributed by atoms with Gasteiger partial charge in [-0.05, 0) is 50.6 Å². The molecule has 0 saturated heterocycles. The highest BCUT2D eigenvalue weighted by atomic mass is 35.5. The number of ether oxygens (including phenoxy) is 1. The van der Waals surface area contributed by atoms with Crippen molar-refractivity contribution in [2.75, 3.05) is 0 Å². The zero-order valence-corrected chi connectivity index (χ0v) is 19.5. The number of aliphatic carboxylic acids is 1. The van der Waals surface area contributed by atoms with Crippen molar-refractivity contribution in [2.24, 2.45) is 7.05 Å². The summed E-state index contributed by atoms with van der Waals surface area (Å²) >= 11 is 6.36. The van der Waals surface area contributed by atoms with Gasteiger partial charge in [-0.2, -0.15) is 4.98 Å². The Morgan fingerprint density at radius 1 is 1.27 bits per heavy atom. The van der Waals surface area contributed by atoms with Crippen molar-refractivity contribution in [1.82, 2.24) is 20.0 Å². The molecule has 0 aliphatic carbocycles. The number of benzene rings is 2. The minimum atomic E-state index is -1.14. The Hall–Kier alpha value is -3.36. The van der Waals surface area contributed by atoms with Crippen LogP contribution in [0.2, 0.25) is 5.02 Å². The number of para-hydroxylation sites is 1. The van der Waals surface area contributed by atoms with Crippen LogP contribution in [-0.4, -0.2) is 32.8 Å². The number of aromatic nitrogens is 3. The number of nitrogens with zero attached hydrogens (tertiary/aromatic N) is 3. The Bertz CT molecular complexity index is 1310. The third-order valence-corrected chi connectivity index (χ3v) is 5.54. The first-order valence-corrected chi connectivity index (χ1v) is 10.9. The molecule has 4 aromatic rings. The molecule has 0 fully saturated rings. The molecule has 0 bridgehead atoms. The second-order valence-corrected chi connectivity index (χ2v) is 8.53. The predicted molar refractivity (Wildman–Crippen MR) is 124 cm³/mol. The van der Waals surface area contributed by atoms with Crippen LogP contribution in [0.15, 0.2) is 47.1 Å². The lowest BCUT2D eigenvalue weighted by Crippen LogP contribution is -2.42. The Labute approximate surface area is 196 Å². The van der Waals surface area contributed by atoms with Gasteiger partial charge < -0.3 is 29.0 Å². The molecule has 0 radical (unpaired) electrons. The van der Waals surface area contributed by atoms with E-state index in [4.69, 9.17) is 20.9 Å². The standard InChI is InChI=1S/C24H25ClN4O4/c1-13(2)32-20-9-8-15(10-19(20)25)23-27-22(28-33-23)18-7-5-6-17-16(12-29(4)21(17)18)11-26-14(3)24(30)31/h5-10,12-14,26H,11H2,1-4H3,(H,30,31)/p-1/t14-/m1/s1. The predicted octanol–water partition coefficient (Wildman–Crippen LogP) is 3.56. The van der Waals surface area contributed by atoms with Gasteiger partial charge in [0.25, 0.3) is 5.89 Å². The molecule has 0 unspecified atom stereocenters. The first-order valence-electron chi connectivity index (χ1n) is 10.6. The van der Waals surface area contributed by atoms with Crippen molar-refractivity contribution >= 4 is 28.5 Å². The van der Waals surface area contributed by atoms with E-state index in [-0.39, 0.29) is 6.10 Å². The minimum Gasteiger partial charge on any atom is -0.548 e. The normalized spacial score (nSPS) is 12.4. The van der Waals surface area contributed by atoms with Crippen molar-refractivity contribution in [1.29, 1.82) is 0 Å². The number of halogens is 1. The summed E-state index contributed by atoms with van der Waals surface area (Å²) in [5.74, 6) is 0.244. The molecule has 1 atom stereocenters. The van der Waals surface area contributed by atoms with Gasteiger partial charge in [-0.1, -0.05) is 28.9 Å². The van der Waals surface area contributed by atoms with Gasteiger partial charge in [0, 0.05) is 42.3 Å². The number of hydrogen-bond acceptors (Lipinski definition) is 7. The molecular formula is C24H24ClN4O4-. The summed E-state index contributed by atoms with van der Waals surface area (Å²) in [6, 6.07) is 10.4. The second kappa shape index (κ2) is 9.25. The van der Waals surface area contributed by atoms with Crippen LogP contribution in [0.5, 0.6) is 5.75 Å². The largest absolute Gasteiger partial charge is 0.548 e. The quantitative estimate of drug-likeness (QED) is 0.422. The number of rotatable bonds is 8. The van der Waals surface area contributed by atoms with Crippen LogP contribution in [-0.2, 0) is 18.4 Å². The topological polar surface area (TPSA) is 105 Å². The van der Waals surface area contributed by atoms with Crippen LogP contribution in [0, 0.1) is 0 Å². The van der Waals surface area contributed by atoms with Gasteiger partial charge >= 0.3 is 0 Å². The zero-order valence-electron chi connectivity index (χ0n) is 18.8. The van der Waals surface area contributed by atoms with Gasteiger partial charge in [0.05, 0.1) is 22.6 Å². The Morgan fingerprint density at radius 3 is 2.76 bits per heavy atom. The number of hydrogen-bond donors (Lipinski definition) is 1. The maximum Gasteiger partial charge on any atom is 0.258 e. The maximum atomic E-state index is 11.0. The summed E-state index contributed by atoms with van der Waals surface area (Å²) in [6.07, 6.45) is 1.97. The molecule has 0 saturated carbocycles. The van der Waals surface area contributed by atoms with E-state index >= 15 is 0 Å². The third-order valence-electron chi connectivity index (χ3n) is 5.24. The lowest BCUT2D eigenvalue weighted by atomic mass is 10.1. The van der Waals surface area contributed by atoms with Gasteiger partial charge in [-0.15, -0.1) is 0 Å². The maximum absolute atomic E-state index is 11.0. The van der Waals surface area contributed by atoms with Crippen LogP contribution in [0.4, 0.5) is 0 Å². The Kier molecular flexibility index (Phi) is 6.40. The van der Waals surface area contributed by atoms with E-state index in [1.54, 1.807) is 19.1 Å². The zero-order chi connectivity index (χ0) is 23.7. The van der Waals surface area contributed by atoms with Gasteiger partial charge in [0.1, 0.15) is 5.75 Å². The molecule has 9 heteroatoms. The molecule has 1 N–H and O–H groups in total. The number of carbonyl (C=O) groups is 1. The molecule has 0 spiro atoms. The number of aryl methyl sites for hydroxylation is 1. The van der Waals surface area contributed by atoms with E-state index in [1.165, 1.54) is 0 Å². The summed E-state index contributed by atoms with van der Waals surface area (Å²) in [4.78, 5) is 15.6. The fraction of sp³-hybridized carbons (Fsp3) is 0.292. The second-order valence-electron chi connectivity index (χ2n) is 8.12. The van der Waals surface area contributed by atoms with Gasteiger partial charge in [0.15, 0.2) is 0 Å². The molecule has 2 aromatic heterocycles. The van der Waals surface area contributed by atoms with Crippen molar-refractivity contribution in [2.45, 2.75) is 39.5 Å². The molecule has 0 aliphatic rings. The van der Waals surface area contributed by atoms with E-state index in [0.717, 1.165) is 22.0 Å². The monoisotopic (exact) mass is 467 g/mol. The molecule has 4 rings (SSSR count). The van der Waals surface area contributed by atoms with Crippen molar-refractivity contribution in [3.05, 3.63) is 53.2 Å². The molecule has 2 aromatic carbocycles. The van der Waals surface area contributed by atoms with Crippen LogP contribution in [0.1, 0.15) is 26.3 Å². The highest BCUT2D eigenvalue weighted by Gasteiger charge is 2.18. The van der Waals surface area contributed by atoms with Crippen LogP contribution >= 0.6 is 11.6 Å². The van der Waals surface area contributed by atoms with Crippen molar-refractivity contribution in [3.63, 3.8) is 0 Å². The fourth-order valence-electron chi connectivity index (χ4n) is 3.65. The lowest BCUT2D eigenvalue weighted by molar-refractivity contribution is -0.308. The van der Waals surface area contributed by atoms with E-state index in [0.29, 0.717) is 34.6 Å². The number of nitrogens with one attached hydrogen (secondary N) is 1. The summed E-state index contributed by atoms with van der Waals surface area (Å²) in [6.45, 7) is 5.81. The smallest absolute Gasteiger partial charge is 0.258 e. The van der Waals surface area contributed by atoms with Gasteiger partial charge in [-0.25, -0.2) is 0 Å². The van der Waals surface area contributed by atoms with E-state index in [1.807, 2.05) is 55.9 Å². The Morgan fingerprint density at radius 2 is 2.06 bits per heavy atom. The fourth-order valence-corrected chi connectivity index (χ4v) is 3.88. The molecule has 2 heterocycles. The number of carbonyl (C=O) groups excluding carboxylic acids is 1. The van der Waals surface area contributed by atoms with E-state index < -0.39 is 12.0 Å². The van der Waals surface area contributed by atoms with Gasteiger partial charge in [0.2, 0.25) is 5.82 Å². The highest BCUT2D eigenvalue weighted by Crippen LogP contribution is 2.33. The average molecular weight is 468 g/mol. The summed E-state index contributed by atoms with van der Waals surface area (Å²) in [5, 5.41) is 19.6. The number of fused-ring (bicyclic) bond motifs is 1. The van der Waals surface area contributed by atoms with Crippen LogP contribution in [0.3, 0.4) is 0 Å². The van der Waals surface area contributed by atoms with Crippen molar-refractivity contribution < 1.29 is 19.2 Å².